The van der Waals surface area contributed by atoms with Crippen LogP contribution >= 0.6 is 0 Å². The minimum absolute atomic E-state index is 0.269. The molecule has 0 amide bonds. The molecule has 22 heavy (non-hydrogen) atoms. The third-order valence-corrected chi connectivity index (χ3v) is 3.53. The molecule has 2 heterocycles. The lowest BCUT2D eigenvalue weighted by molar-refractivity contribution is 0.628. The fourth-order valence-corrected chi connectivity index (χ4v) is 2.46. The van der Waals surface area contributed by atoms with Gasteiger partial charge in [-0.2, -0.15) is 5.10 Å². The van der Waals surface area contributed by atoms with Crippen molar-refractivity contribution in [2.75, 3.05) is 0 Å². The molecule has 1 aromatic carbocycles. The van der Waals surface area contributed by atoms with Crippen molar-refractivity contribution in [3.8, 4) is 34.7 Å². The summed E-state index contributed by atoms with van der Waals surface area (Å²) >= 11 is 0. The zero-order valence-electron chi connectivity index (χ0n) is 12.1. The molecule has 0 N–H and O–H groups in total. The molecule has 3 rings (SSSR count). The highest BCUT2D eigenvalue weighted by atomic mass is 19.1. The molecule has 0 fully saturated rings. The highest BCUT2D eigenvalue weighted by Gasteiger charge is 2.17. The molecule has 3 nitrogen and oxygen atoms in total. The Balaban J connectivity index is 2.22. The van der Waals surface area contributed by atoms with E-state index in [0.29, 0.717) is 6.54 Å². The first-order chi connectivity index (χ1) is 10.7. The maximum atomic E-state index is 13.2. The quantitative estimate of drug-likeness (QED) is 0.689. The molecule has 0 atom stereocenters. The highest BCUT2D eigenvalue weighted by Crippen LogP contribution is 2.33. The fourth-order valence-electron chi connectivity index (χ4n) is 2.46. The van der Waals surface area contributed by atoms with Crippen molar-refractivity contribution >= 4 is 0 Å². The largest absolute Gasteiger partial charge is 0.265 e. The van der Waals surface area contributed by atoms with Gasteiger partial charge in [0.05, 0.1) is 0 Å². The van der Waals surface area contributed by atoms with Gasteiger partial charge in [-0.3, -0.25) is 9.67 Å². The zero-order valence-corrected chi connectivity index (χ0v) is 12.1. The maximum absolute atomic E-state index is 13.2. The average molecular weight is 291 g/mol. The highest BCUT2D eigenvalue weighted by molar-refractivity contribution is 5.82. The normalized spacial score (nSPS) is 10.4. The first-order valence-corrected chi connectivity index (χ1v) is 6.88. The van der Waals surface area contributed by atoms with Gasteiger partial charge in [0.25, 0.3) is 0 Å². The van der Waals surface area contributed by atoms with Crippen LogP contribution in [0.25, 0.3) is 22.4 Å². The van der Waals surface area contributed by atoms with Gasteiger partial charge in [0.2, 0.25) is 0 Å². The van der Waals surface area contributed by atoms with E-state index < -0.39 is 0 Å². The lowest BCUT2D eigenvalue weighted by Gasteiger charge is -2.04. The van der Waals surface area contributed by atoms with Crippen molar-refractivity contribution in [2.24, 2.45) is 0 Å². The van der Waals surface area contributed by atoms with Gasteiger partial charge in [-0.1, -0.05) is 5.92 Å². The molecule has 0 saturated carbocycles. The van der Waals surface area contributed by atoms with Crippen LogP contribution in [0.1, 0.15) is 5.69 Å². The van der Waals surface area contributed by atoms with E-state index in [0.717, 1.165) is 28.1 Å². The first kappa shape index (κ1) is 14.0. The van der Waals surface area contributed by atoms with Crippen molar-refractivity contribution in [1.29, 1.82) is 0 Å². The minimum atomic E-state index is -0.269. The van der Waals surface area contributed by atoms with Crippen LogP contribution in [-0.4, -0.2) is 14.8 Å². The molecule has 0 spiro atoms. The Labute approximate surface area is 128 Å². The van der Waals surface area contributed by atoms with Crippen LogP contribution in [0.4, 0.5) is 4.39 Å². The molecule has 2 aromatic heterocycles. The first-order valence-electron chi connectivity index (χ1n) is 6.88. The van der Waals surface area contributed by atoms with Crippen LogP contribution in [0.5, 0.6) is 0 Å². The van der Waals surface area contributed by atoms with E-state index >= 15 is 0 Å². The van der Waals surface area contributed by atoms with Gasteiger partial charge in [-0.15, -0.1) is 6.42 Å². The Bertz CT molecular complexity index is 827. The summed E-state index contributed by atoms with van der Waals surface area (Å²) in [4.78, 5) is 4.05. The molecular weight excluding hydrogens is 277 g/mol. The van der Waals surface area contributed by atoms with Crippen molar-refractivity contribution in [3.63, 3.8) is 0 Å². The zero-order chi connectivity index (χ0) is 15.5. The lowest BCUT2D eigenvalue weighted by atomic mass is 10.0. The molecule has 0 unspecified atom stereocenters. The van der Waals surface area contributed by atoms with Crippen molar-refractivity contribution < 1.29 is 4.39 Å². The van der Waals surface area contributed by atoms with Crippen molar-refractivity contribution in [1.82, 2.24) is 14.8 Å². The van der Waals surface area contributed by atoms with E-state index in [4.69, 9.17) is 6.42 Å². The summed E-state index contributed by atoms with van der Waals surface area (Å²) in [5.41, 5.74) is 4.62. The topological polar surface area (TPSA) is 30.7 Å². The molecule has 0 aliphatic carbocycles. The molecule has 0 aliphatic heterocycles. The van der Waals surface area contributed by atoms with E-state index in [2.05, 4.69) is 16.0 Å². The molecule has 0 radical (unpaired) electrons. The molecule has 4 heteroatoms. The number of nitrogens with zero attached hydrogens (tertiary/aromatic N) is 3. The molecule has 108 valence electrons. The van der Waals surface area contributed by atoms with Crippen molar-refractivity contribution in [3.05, 3.63) is 60.3 Å². The van der Waals surface area contributed by atoms with Crippen LogP contribution in [0.15, 0.2) is 48.8 Å². The van der Waals surface area contributed by atoms with Crippen LogP contribution in [0, 0.1) is 25.1 Å². The molecule has 0 bridgehead atoms. The van der Waals surface area contributed by atoms with Gasteiger partial charge in [0.15, 0.2) is 0 Å². The summed E-state index contributed by atoms with van der Waals surface area (Å²) in [6.45, 7) is 2.37. The van der Waals surface area contributed by atoms with Gasteiger partial charge in [0, 0.05) is 29.2 Å². The Morgan fingerprint density at radius 2 is 1.77 bits per heavy atom. The summed E-state index contributed by atoms with van der Waals surface area (Å²) in [6, 6.07) is 10.2. The van der Waals surface area contributed by atoms with Crippen LogP contribution in [0.3, 0.4) is 0 Å². The standard InChI is InChI=1S/C18H14FN3/c1-3-12-22-13(2)17(14-8-10-20-11-9-14)18(21-22)15-4-6-16(19)7-5-15/h1,4-11H,12H2,2H3. The predicted molar refractivity (Wildman–Crippen MR) is 84.4 cm³/mol. The predicted octanol–water partition coefficient (Wildman–Crippen LogP) is 3.69. The molecule has 0 saturated heterocycles. The van der Waals surface area contributed by atoms with E-state index in [-0.39, 0.29) is 5.82 Å². The monoisotopic (exact) mass is 291 g/mol. The third kappa shape index (κ3) is 2.49. The number of rotatable bonds is 3. The summed E-state index contributed by atoms with van der Waals surface area (Å²) in [6.07, 6.45) is 8.89. The summed E-state index contributed by atoms with van der Waals surface area (Å²) in [5, 5.41) is 4.61. The number of hydrogen-bond donors (Lipinski definition) is 0. The molecular formula is C18H14FN3. The average Bonchev–Trinajstić information content (AvgIpc) is 2.86. The SMILES string of the molecule is C#CCn1nc(-c2ccc(F)cc2)c(-c2ccncc2)c1C. The number of aromatic nitrogens is 3. The molecule has 3 aromatic rings. The van der Waals surface area contributed by atoms with Crippen LogP contribution < -0.4 is 0 Å². The second-order valence-corrected chi connectivity index (χ2v) is 4.91. The Morgan fingerprint density at radius 3 is 2.41 bits per heavy atom. The number of terminal acetylenes is 1. The smallest absolute Gasteiger partial charge is 0.123 e. The number of halogens is 1. The summed E-state index contributed by atoms with van der Waals surface area (Å²) in [7, 11) is 0. The summed E-state index contributed by atoms with van der Waals surface area (Å²) in [5.74, 6) is 2.34. The van der Waals surface area contributed by atoms with Gasteiger partial charge in [-0.25, -0.2) is 4.39 Å². The Kier molecular flexibility index (Phi) is 3.71. The van der Waals surface area contributed by atoms with Crippen LogP contribution in [-0.2, 0) is 6.54 Å². The van der Waals surface area contributed by atoms with E-state index in [1.54, 1.807) is 29.2 Å². The van der Waals surface area contributed by atoms with Crippen LogP contribution in [0.2, 0.25) is 0 Å². The van der Waals surface area contributed by atoms with Gasteiger partial charge < -0.3 is 0 Å². The summed E-state index contributed by atoms with van der Waals surface area (Å²) < 4.78 is 15.0. The number of pyridine rings is 1. The van der Waals surface area contributed by atoms with E-state index in [1.165, 1.54) is 12.1 Å². The fraction of sp³-hybridized carbons (Fsp3) is 0.111. The minimum Gasteiger partial charge on any atom is -0.265 e. The Hall–Kier alpha value is -2.93. The molecule has 0 aliphatic rings. The number of benzene rings is 1. The van der Waals surface area contributed by atoms with Gasteiger partial charge in [-0.05, 0) is 48.9 Å². The van der Waals surface area contributed by atoms with Crippen molar-refractivity contribution in [2.45, 2.75) is 13.5 Å². The number of hydrogen-bond acceptors (Lipinski definition) is 2. The van der Waals surface area contributed by atoms with E-state index in [9.17, 15) is 4.39 Å². The second-order valence-electron chi connectivity index (χ2n) is 4.91. The lowest BCUT2D eigenvalue weighted by Crippen LogP contribution is -2.00. The maximum Gasteiger partial charge on any atom is 0.123 e. The van der Waals surface area contributed by atoms with Gasteiger partial charge >= 0.3 is 0 Å². The van der Waals surface area contributed by atoms with E-state index in [1.807, 2.05) is 19.1 Å². The second kappa shape index (κ2) is 5.82. The third-order valence-electron chi connectivity index (χ3n) is 3.53. The Morgan fingerprint density at radius 1 is 1.09 bits per heavy atom. The van der Waals surface area contributed by atoms with Gasteiger partial charge in [0.1, 0.15) is 18.1 Å².